The Morgan fingerprint density at radius 1 is 1.08 bits per heavy atom. The van der Waals surface area contributed by atoms with Gasteiger partial charge >= 0.3 is 0 Å². The van der Waals surface area contributed by atoms with E-state index in [-0.39, 0.29) is 0 Å². The molecule has 0 aliphatic carbocycles. The lowest BCUT2D eigenvalue weighted by Crippen LogP contribution is -2.38. The van der Waals surface area contributed by atoms with E-state index in [1.807, 2.05) is 12.1 Å². The molecule has 0 unspecified atom stereocenters. The summed E-state index contributed by atoms with van der Waals surface area (Å²) in [5, 5.41) is 6.75. The van der Waals surface area contributed by atoms with Crippen LogP contribution in [0.25, 0.3) is 0 Å². The zero-order valence-corrected chi connectivity index (χ0v) is 15.5. The minimum atomic E-state index is 0.764. The van der Waals surface area contributed by atoms with Gasteiger partial charge in [-0.05, 0) is 23.3 Å². The molecule has 0 bridgehead atoms. The molecule has 0 atom stereocenters. The predicted octanol–water partition coefficient (Wildman–Crippen LogP) is 1.69. The predicted molar refractivity (Wildman–Crippen MR) is 105 cm³/mol. The topological polar surface area (TPSA) is 53.8 Å². The molecule has 0 amide bonds. The van der Waals surface area contributed by atoms with Gasteiger partial charge in [-0.15, -0.1) is 0 Å². The van der Waals surface area contributed by atoms with Gasteiger partial charge < -0.3 is 19.9 Å². The van der Waals surface area contributed by atoms with Crippen molar-refractivity contribution >= 4 is 5.96 Å². The summed E-state index contributed by atoms with van der Waals surface area (Å²) in [5.41, 5.74) is 2.62. The smallest absolute Gasteiger partial charge is 0.191 e. The first-order valence-corrected chi connectivity index (χ1v) is 9.27. The van der Waals surface area contributed by atoms with E-state index in [2.05, 4.69) is 61.8 Å². The summed E-state index contributed by atoms with van der Waals surface area (Å²) in [5.74, 6) is 0.829. The van der Waals surface area contributed by atoms with Crippen molar-refractivity contribution in [2.24, 2.45) is 4.99 Å². The molecular formula is C20H29N5O. The van der Waals surface area contributed by atoms with Crippen molar-refractivity contribution in [3.05, 3.63) is 59.9 Å². The Balaban J connectivity index is 1.44. The van der Waals surface area contributed by atoms with Crippen LogP contribution >= 0.6 is 0 Å². The molecule has 0 saturated carbocycles. The SMILES string of the molecule is CN=C(NCCn1cccc1)NCc1cccc(CN2CCOCC2)c1. The van der Waals surface area contributed by atoms with Crippen molar-refractivity contribution in [2.45, 2.75) is 19.6 Å². The van der Waals surface area contributed by atoms with Crippen LogP contribution in [0.4, 0.5) is 0 Å². The van der Waals surface area contributed by atoms with Crippen molar-refractivity contribution in [1.82, 2.24) is 20.1 Å². The Labute approximate surface area is 155 Å². The second-order valence-electron chi connectivity index (χ2n) is 6.48. The van der Waals surface area contributed by atoms with Crippen LogP contribution < -0.4 is 10.6 Å². The van der Waals surface area contributed by atoms with Gasteiger partial charge in [-0.1, -0.05) is 24.3 Å². The van der Waals surface area contributed by atoms with Gasteiger partial charge in [-0.2, -0.15) is 0 Å². The molecule has 1 saturated heterocycles. The summed E-state index contributed by atoms with van der Waals surface area (Å²) in [4.78, 5) is 6.74. The number of nitrogens with one attached hydrogen (secondary N) is 2. The van der Waals surface area contributed by atoms with E-state index >= 15 is 0 Å². The van der Waals surface area contributed by atoms with E-state index in [0.717, 1.165) is 58.4 Å². The standard InChI is InChI=1S/C20H29N5O/c1-21-20(22-7-10-24-8-2-3-9-24)23-16-18-5-4-6-19(15-18)17-25-11-13-26-14-12-25/h2-6,8-9,15H,7,10-14,16-17H2,1H3,(H2,21,22,23). The fourth-order valence-corrected chi connectivity index (χ4v) is 3.08. The average molecular weight is 355 g/mol. The number of guanidine groups is 1. The van der Waals surface area contributed by atoms with Crippen LogP contribution in [0.15, 0.2) is 53.8 Å². The van der Waals surface area contributed by atoms with E-state index in [0.29, 0.717) is 0 Å². The normalized spacial score (nSPS) is 15.8. The first-order chi connectivity index (χ1) is 12.8. The van der Waals surface area contributed by atoms with Crippen LogP contribution in [0, 0.1) is 0 Å². The molecule has 0 radical (unpaired) electrons. The third kappa shape index (κ3) is 5.89. The minimum Gasteiger partial charge on any atom is -0.379 e. The van der Waals surface area contributed by atoms with Crippen molar-refractivity contribution in [3.8, 4) is 0 Å². The molecule has 2 aromatic rings. The molecule has 1 aromatic carbocycles. The summed E-state index contributed by atoms with van der Waals surface area (Å²) >= 11 is 0. The third-order valence-electron chi connectivity index (χ3n) is 4.51. The van der Waals surface area contributed by atoms with Crippen LogP contribution in [0.2, 0.25) is 0 Å². The Bertz CT molecular complexity index is 677. The number of aromatic nitrogens is 1. The van der Waals surface area contributed by atoms with E-state index in [9.17, 15) is 0 Å². The van der Waals surface area contributed by atoms with Gasteiger partial charge in [0, 0.05) is 58.7 Å². The number of morpholine rings is 1. The average Bonchev–Trinajstić information content (AvgIpc) is 3.19. The second kappa shape index (κ2) is 9.99. The fraction of sp³-hybridized carbons (Fsp3) is 0.450. The maximum absolute atomic E-state index is 5.42. The highest BCUT2D eigenvalue weighted by atomic mass is 16.5. The number of nitrogens with zero attached hydrogens (tertiary/aromatic N) is 3. The minimum absolute atomic E-state index is 0.764. The molecule has 6 nitrogen and oxygen atoms in total. The fourth-order valence-electron chi connectivity index (χ4n) is 3.08. The zero-order valence-electron chi connectivity index (χ0n) is 15.5. The van der Waals surface area contributed by atoms with Gasteiger partial charge in [-0.25, -0.2) is 0 Å². The molecule has 1 aromatic heterocycles. The maximum Gasteiger partial charge on any atom is 0.191 e. The van der Waals surface area contributed by atoms with E-state index in [1.165, 1.54) is 11.1 Å². The largest absolute Gasteiger partial charge is 0.379 e. The van der Waals surface area contributed by atoms with Gasteiger partial charge in [0.2, 0.25) is 0 Å². The summed E-state index contributed by atoms with van der Waals surface area (Å²) in [7, 11) is 1.81. The second-order valence-corrected chi connectivity index (χ2v) is 6.48. The van der Waals surface area contributed by atoms with Gasteiger partial charge in [-0.3, -0.25) is 9.89 Å². The van der Waals surface area contributed by atoms with Crippen molar-refractivity contribution < 1.29 is 4.74 Å². The van der Waals surface area contributed by atoms with E-state index < -0.39 is 0 Å². The molecular weight excluding hydrogens is 326 g/mol. The molecule has 3 rings (SSSR count). The number of rotatable bonds is 7. The highest BCUT2D eigenvalue weighted by Gasteiger charge is 2.10. The van der Waals surface area contributed by atoms with Gasteiger partial charge in [0.15, 0.2) is 5.96 Å². The third-order valence-corrected chi connectivity index (χ3v) is 4.51. The van der Waals surface area contributed by atoms with E-state index in [4.69, 9.17) is 4.74 Å². The van der Waals surface area contributed by atoms with Crippen LogP contribution in [-0.2, 0) is 24.4 Å². The van der Waals surface area contributed by atoms with E-state index in [1.54, 1.807) is 7.05 Å². The van der Waals surface area contributed by atoms with Crippen LogP contribution in [0.1, 0.15) is 11.1 Å². The molecule has 1 aliphatic rings. The molecule has 2 N–H and O–H groups in total. The number of aliphatic imine (C=N–C) groups is 1. The number of hydrogen-bond donors (Lipinski definition) is 2. The maximum atomic E-state index is 5.42. The van der Waals surface area contributed by atoms with Gasteiger partial charge in [0.25, 0.3) is 0 Å². The molecule has 0 spiro atoms. The Kier molecular flexibility index (Phi) is 7.10. The van der Waals surface area contributed by atoms with Gasteiger partial charge in [0.05, 0.1) is 13.2 Å². The summed E-state index contributed by atoms with van der Waals surface area (Å²) in [6.45, 7) is 7.22. The lowest BCUT2D eigenvalue weighted by atomic mass is 10.1. The molecule has 140 valence electrons. The van der Waals surface area contributed by atoms with Crippen molar-refractivity contribution in [2.75, 3.05) is 39.9 Å². The van der Waals surface area contributed by atoms with Crippen molar-refractivity contribution in [3.63, 3.8) is 0 Å². The number of ether oxygens (including phenoxy) is 1. The lowest BCUT2D eigenvalue weighted by molar-refractivity contribution is 0.0342. The Hall–Kier alpha value is -2.31. The summed E-state index contributed by atoms with van der Waals surface area (Å²) in [6, 6.07) is 12.8. The first kappa shape index (κ1) is 18.5. The summed E-state index contributed by atoms with van der Waals surface area (Å²) in [6.07, 6.45) is 4.13. The molecule has 1 fully saturated rings. The molecule has 2 heterocycles. The Morgan fingerprint density at radius 3 is 2.62 bits per heavy atom. The molecule has 26 heavy (non-hydrogen) atoms. The van der Waals surface area contributed by atoms with Crippen LogP contribution in [0.5, 0.6) is 0 Å². The van der Waals surface area contributed by atoms with Crippen LogP contribution in [-0.4, -0.2) is 55.3 Å². The molecule has 6 heteroatoms. The monoisotopic (exact) mass is 355 g/mol. The van der Waals surface area contributed by atoms with Crippen LogP contribution in [0.3, 0.4) is 0 Å². The highest BCUT2D eigenvalue weighted by molar-refractivity contribution is 5.79. The number of hydrogen-bond acceptors (Lipinski definition) is 3. The summed E-state index contributed by atoms with van der Waals surface area (Å²) < 4.78 is 7.57. The molecule has 1 aliphatic heterocycles. The Morgan fingerprint density at radius 2 is 1.85 bits per heavy atom. The zero-order chi connectivity index (χ0) is 18.0. The van der Waals surface area contributed by atoms with Crippen molar-refractivity contribution in [1.29, 1.82) is 0 Å². The van der Waals surface area contributed by atoms with Gasteiger partial charge in [0.1, 0.15) is 0 Å². The first-order valence-electron chi connectivity index (χ1n) is 9.27. The number of benzene rings is 1. The quantitative estimate of drug-likeness (QED) is 0.586. The highest BCUT2D eigenvalue weighted by Crippen LogP contribution is 2.10. The lowest BCUT2D eigenvalue weighted by Gasteiger charge is -2.26.